The molecule has 1 N–H and O–H groups in total. The fourth-order valence-electron chi connectivity index (χ4n) is 3.98. The number of carbonyl (C=O) groups excluding carboxylic acids is 2. The van der Waals surface area contributed by atoms with Gasteiger partial charge in [0.15, 0.2) is 0 Å². The zero-order valence-electron chi connectivity index (χ0n) is 14.7. The SMILES string of the molecule is CCOC(=O)c1c(NC(=O)C2CCCCC2)sc2c1C(C)CCC2. The van der Waals surface area contributed by atoms with E-state index in [4.69, 9.17) is 4.74 Å². The van der Waals surface area contributed by atoms with Gasteiger partial charge in [-0.25, -0.2) is 4.79 Å². The van der Waals surface area contributed by atoms with Gasteiger partial charge in [0, 0.05) is 10.8 Å². The number of nitrogens with one attached hydrogen (secondary N) is 1. The number of hydrogen-bond acceptors (Lipinski definition) is 4. The standard InChI is InChI=1S/C19H27NO3S/c1-3-23-19(22)16-15-12(2)8-7-11-14(15)24-18(16)20-17(21)13-9-5-4-6-10-13/h12-13H,3-11H2,1-2H3,(H,20,21). The summed E-state index contributed by atoms with van der Waals surface area (Å²) in [5.41, 5.74) is 1.73. The molecule has 2 aliphatic carbocycles. The van der Waals surface area contributed by atoms with Gasteiger partial charge in [-0.15, -0.1) is 11.3 Å². The van der Waals surface area contributed by atoms with E-state index < -0.39 is 0 Å². The molecular weight excluding hydrogens is 322 g/mol. The topological polar surface area (TPSA) is 55.4 Å². The van der Waals surface area contributed by atoms with Gasteiger partial charge in [-0.05, 0) is 50.5 Å². The lowest BCUT2D eigenvalue weighted by molar-refractivity contribution is -0.120. The highest BCUT2D eigenvalue weighted by Gasteiger charge is 2.32. The van der Waals surface area contributed by atoms with Crippen molar-refractivity contribution in [3.05, 3.63) is 16.0 Å². The molecule has 1 aromatic rings. The van der Waals surface area contributed by atoms with Crippen molar-refractivity contribution >= 4 is 28.2 Å². The van der Waals surface area contributed by atoms with Crippen LogP contribution in [0.15, 0.2) is 0 Å². The van der Waals surface area contributed by atoms with Gasteiger partial charge in [-0.2, -0.15) is 0 Å². The molecule has 1 aromatic heterocycles. The molecule has 0 aromatic carbocycles. The normalized spacial score (nSPS) is 21.2. The first-order chi connectivity index (χ1) is 11.6. The van der Waals surface area contributed by atoms with E-state index in [0.29, 0.717) is 23.1 Å². The molecule has 5 heteroatoms. The molecule has 4 nitrogen and oxygen atoms in total. The van der Waals surface area contributed by atoms with Gasteiger partial charge in [0.1, 0.15) is 5.00 Å². The van der Waals surface area contributed by atoms with Gasteiger partial charge in [-0.3, -0.25) is 4.79 Å². The lowest BCUT2D eigenvalue weighted by Gasteiger charge is -2.21. The fourth-order valence-corrected chi connectivity index (χ4v) is 5.34. The van der Waals surface area contributed by atoms with Gasteiger partial charge >= 0.3 is 5.97 Å². The first-order valence-electron chi connectivity index (χ1n) is 9.25. The van der Waals surface area contributed by atoms with E-state index in [2.05, 4.69) is 12.2 Å². The molecule has 0 saturated heterocycles. The molecule has 3 rings (SSSR count). The highest BCUT2D eigenvalue weighted by Crippen LogP contribution is 2.44. The molecule has 1 amide bonds. The molecule has 24 heavy (non-hydrogen) atoms. The maximum absolute atomic E-state index is 12.6. The molecule has 0 aliphatic heterocycles. The van der Waals surface area contributed by atoms with Crippen molar-refractivity contribution in [1.82, 2.24) is 0 Å². The molecule has 1 fully saturated rings. The Morgan fingerprint density at radius 3 is 2.62 bits per heavy atom. The number of thiophene rings is 1. The van der Waals surface area contributed by atoms with E-state index in [0.717, 1.165) is 50.5 Å². The summed E-state index contributed by atoms with van der Waals surface area (Å²) in [5, 5.41) is 3.79. The van der Waals surface area contributed by atoms with Crippen molar-refractivity contribution in [2.45, 2.75) is 71.1 Å². The van der Waals surface area contributed by atoms with Crippen LogP contribution in [-0.2, 0) is 16.0 Å². The molecule has 1 saturated carbocycles. The van der Waals surface area contributed by atoms with Crippen LogP contribution in [0, 0.1) is 5.92 Å². The van der Waals surface area contributed by atoms with Crippen molar-refractivity contribution < 1.29 is 14.3 Å². The highest BCUT2D eigenvalue weighted by molar-refractivity contribution is 7.17. The summed E-state index contributed by atoms with van der Waals surface area (Å²) < 4.78 is 5.28. The maximum atomic E-state index is 12.6. The Bertz CT molecular complexity index is 616. The number of ether oxygens (including phenoxy) is 1. The van der Waals surface area contributed by atoms with Crippen LogP contribution in [0.2, 0.25) is 0 Å². The molecule has 1 heterocycles. The maximum Gasteiger partial charge on any atom is 0.341 e. The number of fused-ring (bicyclic) bond motifs is 1. The minimum absolute atomic E-state index is 0.0755. The summed E-state index contributed by atoms with van der Waals surface area (Å²) in [7, 11) is 0. The summed E-state index contributed by atoms with van der Waals surface area (Å²) in [5.74, 6) is 0.226. The van der Waals surface area contributed by atoms with E-state index in [1.54, 1.807) is 11.3 Å². The van der Waals surface area contributed by atoms with Gasteiger partial charge in [0.05, 0.1) is 12.2 Å². The van der Waals surface area contributed by atoms with E-state index in [-0.39, 0.29) is 17.8 Å². The monoisotopic (exact) mass is 349 g/mol. The Hall–Kier alpha value is -1.36. The summed E-state index contributed by atoms with van der Waals surface area (Å²) in [6.07, 6.45) is 8.63. The molecule has 132 valence electrons. The second-order valence-corrected chi connectivity index (χ2v) is 8.09. The molecule has 0 spiro atoms. The molecule has 1 atom stereocenters. The lowest BCUT2D eigenvalue weighted by Crippen LogP contribution is -2.25. The van der Waals surface area contributed by atoms with Gasteiger partial charge in [0.25, 0.3) is 0 Å². The zero-order chi connectivity index (χ0) is 17.1. The van der Waals surface area contributed by atoms with Gasteiger partial charge < -0.3 is 10.1 Å². The smallest absolute Gasteiger partial charge is 0.341 e. The number of hydrogen-bond donors (Lipinski definition) is 1. The Balaban J connectivity index is 1.88. The molecule has 0 bridgehead atoms. The van der Waals surface area contributed by atoms with E-state index >= 15 is 0 Å². The molecule has 1 unspecified atom stereocenters. The Morgan fingerprint density at radius 1 is 1.17 bits per heavy atom. The van der Waals surface area contributed by atoms with Crippen LogP contribution < -0.4 is 5.32 Å². The largest absolute Gasteiger partial charge is 0.462 e. The first kappa shape index (κ1) is 17.5. The predicted octanol–water partition coefficient (Wildman–Crippen LogP) is 4.88. The second kappa shape index (κ2) is 7.68. The Labute approximate surface area is 148 Å². The third kappa shape index (κ3) is 3.51. The summed E-state index contributed by atoms with van der Waals surface area (Å²) in [6, 6.07) is 0. The molecule has 0 radical (unpaired) electrons. The van der Waals surface area contributed by atoms with Crippen molar-refractivity contribution in [3.8, 4) is 0 Å². The fraction of sp³-hybridized carbons (Fsp3) is 0.684. The van der Waals surface area contributed by atoms with Crippen LogP contribution in [0.1, 0.15) is 85.5 Å². The van der Waals surface area contributed by atoms with E-state index in [1.165, 1.54) is 11.3 Å². The van der Waals surface area contributed by atoms with E-state index in [1.807, 2.05) is 6.92 Å². The Kier molecular flexibility index (Phi) is 5.59. The van der Waals surface area contributed by atoms with Gasteiger partial charge in [0.2, 0.25) is 5.91 Å². The minimum Gasteiger partial charge on any atom is -0.462 e. The zero-order valence-corrected chi connectivity index (χ0v) is 15.5. The number of rotatable bonds is 4. The summed E-state index contributed by atoms with van der Waals surface area (Å²) in [4.78, 5) is 26.4. The average Bonchev–Trinajstić information content (AvgIpc) is 2.95. The van der Waals surface area contributed by atoms with Crippen LogP contribution in [0.3, 0.4) is 0 Å². The van der Waals surface area contributed by atoms with Crippen LogP contribution in [0.25, 0.3) is 0 Å². The third-order valence-corrected chi connectivity index (χ3v) is 6.43. The van der Waals surface area contributed by atoms with Crippen molar-refractivity contribution in [1.29, 1.82) is 0 Å². The minimum atomic E-state index is -0.289. The summed E-state index contributed by atoms with van der Waals surface area (Å²) in [6.45, 7) is 4.34. The number of anilines is 1. The first-order valence-corrected chi connectivity index (χ1v) is 10.1. The van der Waals surface area contributed by atoms with Crippen molar-refractivity contribution in [2.24, 2.45) is 5.92 Å². The van der Waals surface area contributed by atoms with Crippen LogP contribution in [0.5, 0.6) is 0 Å². The quantitative estimate of drug-likeness (QED) is 0.788. The van der Waals surface area contributed by atoms with Crippen LogP contribution >= 0.6 is 11.3 Å². The Morgan fingerprint density at radius 2 is 1.92 bits per heavy atom. The third-order valence-electron chi connectivity index (χ3n) is 5.25. The predicted molar refractivity (Wildman–Crippen MR) is 96.8 cm³/mol. The van der Waals surface area contributed by atoms with Crippen LogP contribution in [-0.4, -0.2) is 18.5 Å². The lowest BCUT2D eigenvalue weighted by atomic mass is 9.86. The number of carbonyl (C=O) groups is 2. The van der Waals surface area contributed by atoms with E-state index in [9.17, 15) is 9.59 Å². The number of esters is 1. The summed E-state index contributed by atoms with van der Waals surface area (Å²) >= 11 is 1.58. The second-order valence-electron chi connectivity index (χ2n) is 6.98. The highest BCUT2D eigenvalue weighted by atomic mass is 32.1. The number of aryl methyl sites for hydroxylation is 1. The molecular formula is C19H27NO3S. The number of amides is 1. The average molecular weight is 349 g/mol. The van der Waals surface area contributed by atoms with Gasteiger partial charge in [-0.1, -0.05) is 26.2 Å². The van der Waals surface area contributed by atoms with Crippen molar-refractivity contribution in [2.75, 3.05) is 11.9 Å². The molecule has 2 aliphatic rings. The van der Waals surface area contributed by atoms with Crippen LogP contribution in [0.4, 0.5) is 5.00 Å². The van der Waals surface area contributed by atoms with Crippen molar-refractivity contribution in [3.63, 3.8) is 0 Å².